The number of aliphatic hydroxyl groups excluding tert-OH is 1. The van der Waals surface area contributed by atoms with Crippen LogP contribution in [-0.4, -0.2) is 31.2 Å². The second kappa shape index (κ2) is 6.11. The van der Waals surface area contributed by atoms with Gasteiger partial charge in [0.15, 0.2) is 0 Å². The van der Waals surface area contributed by atoms with Crippen molar-refractivity contribution in [2.24, 2.45) is 0 Å². The maximum absolute atomic E-state index is 11.0. The van der Waals surface area contributed by atoms with Crippen LogP contribution in [0.4, 0.5) is 5.69 Å². The Labute approximate surface area is 108 Å². The molecule has 1 atom stereocenters. The van der Waals surface area contributed by atoms with E-state index in [2.05, 4.69) is 21.0 Å². The van der Waals surface area contributed by atoms with Gasteiger partial charge >= 0.3 is 5.69 Å². The van der Waals surface area contributed by atoms with Crippen LogP contribution in [0.3, 0.4) is 0 Å². The van der Waals surface area contributed by atoms with Crippen molar-refractivity contribution in [3.63, 3.8) is 0 Å². The number of nitro groups is 1. The molecule has 0 aliphatic rings. The molecule has 1 N–H and O–H groups in total. The summed E-state index contributed by atoms with van der Waals surface area (Å²) in [7, 11) is 0. The summed E-state index contributed by atoms with van der Waals surface area (Å²) in [4.78, 5) is 10.6. The molecule has 1 unspecified atom stereocenters. The summed E-state index contributed by atoms with van der Waals surface area (Å²) < 4.78 is 1.54. The zero-order valence-electron chi connectivity index (χ0n) is 9.89. The fraction of sp³-hybridized carbons (Fsp3) is 0.700. The highest BCUT2D eigenvalue weighted by molar-refractivity contribution is 9.09. The summed E-state index contributed by atoms with van der Waals surface area (Å²) in [5, 5.41) is 25.2. The van der Waals surface area contributed by atoms with Gasteiger partial charge in [0.2, 0.25) is 0 Å². The molecule has 1 aromatic heterocycles. The number of aromatic nitrogens is 2. The first kappa shape index (κ1) is 14.1. The molecule has 0 spiro atoms. The van der Waals surface area contributed by atoms with Gasteiger partial charge in [0, 0.05) is 5.33 Å². The molecule has 1 rings (SSSR count). The molecule has 1 aromatic rings. The van der Waals surface area contributed by atoms with Crippen LogP contribution in [0.2, 0.25) is 0 Å². The topological polar surface area (TPSA) is 81.2 Å². The van der Waals surface area contributed by atoms with Crippen LogP contribution in [0.5, 0.6) is 0 Å². The number of halogens is 1. The van der Waals surface area contributed by atoms with Crippen LogP contribution >= 0.6 is 15.9 Å². The summed E-state index contributed by atoms with van der Waals surface area (Å²) in [5.41, 5.74) is 1.15. The van der Waals surface area contributed by atoms with Crippen LogP contribution in [-0.2, 0) is 19.4 Å². The second-order valence-corrected chi connectivity index (χ2v) is 4.34. The van der Waals surface area contributed by atoms with E-state index in [1.165, 1.54) is 0 Å². The molecular formula is C10H16BrN3O3. The lowest BCUT2D eigenvalue weighted by Crippen LogP contribution is -2.19. The Morgan fingerprint density at radius 2 is 2.18 bits per heavy atom. The van der Waals surface area contributed by atoms with Gasteiger partial charge in [0.25, 0.3) is 0 Å². The molecule has 0 saturated carbocycles. The monoisotopic (exact) mass is 305 g/mol. The van der Waals surface area contributed by atoms with Gasteiger partial charge in [0.1, 0.15) is 11.4 Å². The smallest absolute Gasteiger partial charge is 0.313 e. The Morgan fingerprint density at radius 1 is 1.53 bits per heavy atom. The Bertz CT molecular complexity index is 406. The van der Waals surface area contributed by atoms with Crippen molar-refractivity contribution in [3.05, 3.63) is 21.5 Å². The normalized spacial score (nSPS) is 12.7. The zero-order valence-corrected chi connectivity index (χ0v) is 11.5. The molecular weight excluding hydrogens is 290 g/mol. The standard InChI is InChI=1S/C10H16BrN3O3/c1-3-8-10(14(16)17)9(4-2)13(12-8)6-7(15)5-11/h7,15H,3-6H2,1-2H3. The van der Waals surface area contributed by atoms with Crippen LogP contribution in [0, 0.1) is 10.1 Å². The first-order chi connectivity index (χ1) is 8.04. The summed E-state index contributed by atoms with van der Waals surface area (Å²) in [6.45, 7) is 3.95. The van der Waals surface area contributed by atoms with Gasteiger partial charge in [-0.05, 0) is 12.8 Å². The third kappa shape index (κ3) is 3.04. The molecule has 1 heterocycles. The molecule has 6 nitrogen and oxygen atoms in total. The van der Waals surface area contributed by atoms with E-state index in [1.54, 1.807) is 4.68 Å². The van der Waals surface area contributed by atoms with Crippen LogP contribution in [0.15, 0.2) is 0 Å². The van der Waals surface area contributed by atoms with Crippen molar-refractivity contribution in [2.45, 2.75) is 39.3 Å². The average molecular weight is 306 g/mol. The predicted octanol–water partition coefficient (Wildman–Crippen LogP) is 1.67. The molecule has 0 bridgehead atoms. The molecule has 0 aliphatic carbocycles. The fourth-order valence-corrected chi connectivity index (χ4v) is 1.95. The third-order valence-electron chi connectivity index (χ3n) is 2.51. The largest absolute Gasteiger partial charge is 0.390 e. The Kier molecular flexibility index (Phi) is 5.07. The number of alkyl halides is 1. The molecule has 0 aliphatic heterocycles. The predicted molar refractivity (Wildman–Crippen MR) is 67.4 cm³/mol. The quantitative estimate of drug-likeness (QED) is 0.492. The lowest BCUT2D eigenvalue weighted by molar-refractivity contribution is -0.386. The molecule has 0 radical (unpaired) electrons. The number of aliphatic hydroxyl groups is 1. The molecule has 0 amide bonds. The molecule has 7 heteroatoms. The van der Waals surface area contributed by atoms with E-state index >= 15 is 0 Å². The van der Waals surface area contributed by atoms with Gasteiger partial charge in [-0.1, -0.05) is 29.8 Å². The van der Waals surface area contributed by atoms with E-state index in [-0.39, 0.29) is 17.2 Å². The van der Waals surface area contributed by atoms with Gasteiger partial charge in [-0.15, -0.1) is 0 Å². The number of nitrogens with zero attached hydrogens (tertiary/aromatic N) is 3. The minimum Gasteiger partial charge on any atom is -0.390 e. The Hall–Kier alpha value is -0.950. The van der Waals surface area contributed by atoms with Gasteiger partial charge in [-0.3, -0.25) is 14.8 Å². The highest BCUT2D eigenvalue weighted by atomic mass is 79.9. The highest BCUT2D eigenvalue weighted by Crippen LogP contribution is 2.24. The first-order valence-corrected chi connectivity index (χ1v) is 6.64. The van der Waals surface area contributed by atoms with E-state index in [0.29, 0.717) is 29.6 Å². The van der Waals surface area contributed by atoms with Crippen molar-refractivity contribution < 1.29 is 10.0 Å². The highest BCUT2D eigenvalue weighted by Gasteiger charge is 2.25. The Balaban J connectivity index is 3.17. The third-order valence-corrected chi connectivity index (χ3v) is 3.26. The number of rotatable bonds is 6. The maximum Gasteiger partial charge on any atom is 0.313 e. The minimum absolute atomic E-state index is 0.0942. The molecule has 0 aromatic carbocycles. The number of aryl methyl sites for hydroxylation is 1. The van der Waals surface area contributed by atoms with E-state index < -0.39 is 6.10 Å². The van der Waals surface area contributed by atoms with Crippen LogP contribution in [0.1, 0.15) is 25.2 Å². The lowest BCUT2D eigenvalue weighted by Gasteiger charge is -2.08. The summed E-state index contributed by atoms with van der Waals surface area (Å²) in [6.07, 6.45) is 0.448. The number of hydrogen-bond donors (Lipinski definition) is 1. The van der Waals surface area contributed by atoms with Crippen LogP contribution in [0.25, 0.3) is 0 Å². The summed E-state index contributed by atoms with van der Waals surface area (Å²) >= 11 is 3.17. The van der Waals surface area contributed by atoms with Gasteiger partial charge in [0.05, 0.1) is 17.6 Å². The molecule has 96 valence electrons. The maximum atomic E-state index is 11.0. The summed E-state index contributed by atoms with van der Waals surface area (Å²) in [5.74, 6) is 0. The SMILES string of the molecule is CCc1nn(CC(O)CBr)c(CC)c1[N+](=O)[O-]. The molecule has 17 heavy (non-hydrogen) atoms. The Morgan fingerprint density at radius 3 is 2.59 bits per heavy atom. The lowest BCUT2D eigenvalue weighted by atomic mass is 10.2. The van der Waals surface area contributed by atoms with Crippen molar-refractivity contribution >= 4 is 21.6 Å². The molecule has 0 saturated heterocycles. The van der Waals surface area contributed by atoms with Crippen molar-refractivity contribution in [2.75, 3.05) is 5.33 Å². The average Bonchev–Trinajstić information content (AvgIpc) is 2.66. The van der Waals surface area contributed by atoms with Crippen molar-refractivity contribution in [1.82, 2.24) is 9.78 Å². The summed E-state index contributed by atoms with van der Waals surface area (Å²) in [6, 6.07) is 0. The second-order valence-electron chi connectivity index (χ2n) is 3.70. The first-order valence-electron chi connectivity index (χ1n) is 5.52. The minimum atomic E-state index is -0.593. The number of hydrogen-bond acceptors (Lipinski definition) is 4. The van der Waals surface area contributed by atoms with Gasteiger partial charge < -0.3 is 5.11 Å². The molecule has 0 fully saturated rings. The van der Waals surface area contributed by atoms with Crippen molar-refractivity contribution in [3.8, 4) is 0 Å². The van der Waals surface area contributed by atoms with E-state index in [1.807, 2.05) is 13.8 Å². The van der Waals surface area contributed by atoms with Crippen molar-refractivity contribution in [1.29, 1.82) is 0 Å². The van der Waals surface area contributed by atoms with E-state index in [9.17, 15) is 15.2 Å². The zero-order chi connectivity index (χ0) is 13.0. The van der Waals surface area contributed by atoms with E-state index in [4.69, 9.17) is 0 Å². The fourth-order valence-electron chi connectivity index (χ4n) is 1.74. The van der Waals surface area contributed by atoms with E-state index in [0.717, 1.165) is 0 Å². The van der Waals surface area contributed by atoms with Gasteiger partial charge in [-0.2, -0.15) is 5.10 Å². The van der Waals surface area contributed by atoms with Gasteiger partial charge in [-0.25, -0.2) is 0 Å². The van der Waals surface area contributed by atoms with Crippen LogP contribution < -0.4 is 0 Å².